The fourth-order valence-electron chi connectivity index (χ4n) is 2.18. The second-order valence-electron chi connectivity index (χ2n) is 6.61. The molecule has 0 fully saturated rings. The van der Waals surface area contributed by atoms with Crippen molar-refractivity contribution in [2.24, 2.45) is 17.4 Å². The zero-order valence-corrected chi connectivity index (χ0v) is 15.4. The molecular weight excluding hydrogens is 320 g/mol. The summed E-state index contributed by atoms with van der Waals surface area (Å²) in [6, 6.07) is 7.04. The van der Waals surface area contributed by atoms with Gasteiger partial charge in [0.25, 0.3) is 0 Å². The van der Waals surface area contributed by atoms with Gasteiger partial charge < -0.3 is 26.5 Å². The molecule has 25 heavy (non-hydrogen) atoms. The van der Waals surface area contributed by atoms with Crippen molar-refractivity contribution in [1.29, 1.82) is 0 Å². The second-order valence-corrected chi connectivity index (χ2v) is 6.61. The van der Waals surface area contributed by atoms with Crippen LogP contribution in [0.15, 0.2) is 24.3 Å². The Bertz CT molecular complexity index is 515. The number of rotatable bonds is 9. The number of carboxylic acids is 2. The number of aliphatic carboxylic acids is 2. The molecule has 1 rings (SSSR count). The molecule has 0 radical (unpaired) electrons. The summed E-state index contributed by atoms with van der Waals surface area (Å²) in [6.07, 6.45) is 3.08. The van der Waals surface area contributed by atoms with Crippen molar-refractivity contribution >= 4 is 11.9 Å². The van der Waals surface area contributed by atoms with Crippen LogP contribution >= 0.6 is 0 Å². The molecule has 0 aliphatic heterocycles. The summed E-state index contributed by atoms with van der Waals surface area (Å²) < 4.78 is 0. The van der Waals surface area contributed by atoms with Crippen LogP contribution in [0.25, 0.3) is 0 Å². The zero-order valence-electron chi connectivity index (χ0n) is 15.4. The van der Waals surface area contributed by atoms with Gasteiger partial charge in [-0.05, 0) is 49.8 Å². The highest BCUT2D eigenvalue weighted by atomic mass is 16.4. The van der Waals surface area contributed by atoms with Gasteiger partial charge in [0.05, 0.1) is 11.9 Å². The van der Waals surface area contributed by atoms with Crippen molar-refractivity contribution in [2.45, 2.75) is 58.4 Å². The molecule has 0 saturated carbocycles. The van der Waals surface area contributed by atoms with Crippen LogP contribution in [-0.2, 0) is 16.0 Å². The van der Waals surface area contributed by atoms with Crippen LogP contribution in [0.2, 0.25) is 0 Å². The van der Waals surface area contributed by atoms with E-state index in [9.17, 15) is 14.7 Å². The van der Waals surface area contributed by atoms with Gasteiger partial charge in [-0.15, -0.1) is 0 Å². The average molecular weight is 351 g/mol. The summed E-state index contributed by atoms with van der Waals surface area (Å²) in [4.78, 5) is 20.8. The Kier molecular flexibility index (Phi) is 11.5. The Balaban J connectivity index is 0.000000504. The number of benzene rings is 1. The summed E-state index contributed by atoms with van der Waals surface area (Å²) >= 11 is 0. The third-order valence-electron chi connectivity index (χ3n) is 3.77. The first-order chi connectivity index (χ1) is 11.7. The summed E-state index contributed by atoms with van der Waals surface area (Å²) in [6.45, 7) is 6.64. The van der Waals surface area contributed by atoms with Crippen LogP contribution in [0, 0.1) is 5.92 Å². The fourth-order valence-corrected chi connectivity index (χ4v) is 2.18. The second kappa shape index (κ2) is 12.4. The molecule has 5 N–H and O–H groups in total. The molecule has 142 valence electrons. The molecule has 6 heteroatoms. The lowest BCUT2D eigenvalue weighted by Crippen LogP contribution is -2.41. The van der Waals surface area contributed by atoms with E-state index >= 15 is 0 Å². The highest BCUT2D eigenvalue weighted by Crippen LogP contribution is 2.17. The predicted molar refractivity (Wildman–Crippen MR) is 96.9 cm³/mol. The van der Waals surface area contributed by atoms with Crippen LogP contribution in [0.1, 0.15) is 57.1 Å². The van der Waals surface area contributed by atoms with Crippen molar-refractivity contribution in [3.05, 3.63) is 35.4 Å². The molecule has 1 aromatic rings. The predicted octanol–water partition coefficient (Wildman–Crippen LogP) is 1.27. The zero-order chi connectivity index (χ0) is 19.4. The van der Waals surface area contributed by atoms with Gasteiger partial charge >= 0.3 is 5.97 Å². The molecule has 0 saturated heterocycles. The minimum atomic E-state index is -1.18. The Hall–Kier alpha value is -1.92. The van der Waals surface area contributed by atoms with E-state index in [0.29, 0.717) is 18.9 Å². The Morgan fingerprint density at radius 2 is 1.68 bits per heavy atom. The van der Waals surface area contributed by atoms with Crippen LogP contribution in [0.3, 0.4) is 0 Å². The third kappa shape index (κ3) is 10.5. The summed E-state index contributed by atoms with van der Waals surface area (Å²) in [5.41, 5.74) is 12.5. The summed E-state index contributed by atoms with van der Waals surface area (Å²) in [5, 5.41) is 18.9. The van der Waals surface area contributed by atoms with Crippen molar-refractivity contribution in [3.63, 3.8) is 0 Å². The van der Waals surface area contributed by atoms with E-state index in [4.69, 9.17) is 16.6 Å². The van der Waals surface area contributed by atoms with Gasteiger partial charge in [0.2, 0.25) is 0 Å². The Morgan fingerprint density at radius 1 is 1.12 bits per heavy atom. The maximum absolute atomic E-state index is 10.8. The maximum Gasteiger partial charge on any atom is 0.310 e. The van der Waals surface area contributed by atoms with Gasteiger partial charge in [-0.3, -0.25) is 4.79 Å². The van der Waals surface area contributed by atoms with Gasteiger partial charge in [0.1, 0.15) is 0 Å². The molecule has 0 aliphatic rings. The van der Waals surface area contributed by atoms with Crippen molar-refractivity contribution < 1.29 is 19.8 Å². The third-order valence-corrected chi connectivity index (χ3v) is 3.77. The number of carbonyl (C=O) groups excluding carboxylic acids is 1. The summed E-state index contributed by atoms with van der Waals surface area (Å²) in [7, 11) is 0. The average Bonchev–Trinajstić information content (AvgIpc) is 2.55. The molecule has 0 spiro atoms. The Morgan fingerprint density at radius 3 is 2.08 bits per heavy atom. The molecule has 2 unspecified atom stereocenters. The monoisotopic (exact) mass is 351 g/mol. The lowest BCUT2D eigenvalue weighted by atomic mass is 9.97. The largest absolute Gasteiger partial charge is 0.548 e. The van der Waals surface area contributed by atoms with Crippen LogP contribution < -0.4 is 16.6 Å². The van der Waals surface area contributed by atoms with E-state index in [1.165, 1.54) is 5.56 Å². The number of hydrogen-bond acceptors (Lipinski definition) is 5. The normalized spacial score (nSPS) is 12.9. The molecule has 1 aromatic carbocycles. The summed E-state index contributed by atoms with van der Waals surface area (Å²) in [5.74, 6) is -1.74. The lowest BCUT2D eigenvalue weighted by Gasteiger charge is -2.10. The smallest absolute Gasteiger partial charge is 0.310 e. The molecule has 2 atom stereocenters. The number of carboxylic acid groups (broad SMARTS) is 2. The molecule has 0 aliphatic carbocycles. The lowest BCUT2D eigenvalue weighted by molar-refractivity contribution is -0.307. The molecule has 0 heterocycles. The van der Waals surface area contributed by atoms with Gasteiger partial charge in [-0.2, -0.15) is 0 Å². The highest BCUT2D eigenvalue weighted by Gasteiger charge is 2.12. The first-order valence-corrected chi connectivity index (χ1v) is 8.67. The fraction of sp³-hybridized carbons (Fsp3) is 0.579. The van der Waals surface area contributed by atoms with E-state index in [-0.39, 0.29) is 0 Å². The molecular formula is C19H31N2O4-. The molecule has 0 bridgehead atoms. The van der Waals surface area contributed by atoms with Crippen molar-refractivity contribution in [3.8, 4) is 0 Å². The van der Waals surface area contributed by atoms with E-state index < -0.39 is 23.9 Å². The number of hydrogen-bond donors (Lipinski definition) is 3. The van der Waals surface area contributed by atoms with E-state index in [1.54, 1.807) is 6.92 Å². The van der Waals surface area contributed by atoms with E-state index in [1.807, 2.05) is 24.3 Å². The SMILES string of the molecule is CC(C)Cc1ccc(C(C)C(=O)O)cc1.NCCCCC(N)C(=O)[O-]. The van der Waals surface area contributed by atoms with Crippen molar-refractivity contribution in [1.82, 2.24) is 0 Å². The quantitative estimate of drug-likeness (QED) is 0.574. The first kappa shape index (κ1) is 23.1. The van der Waals surface area contributed by atoms with Gasteiger partial charge in [-0.25, -0.2) is 0 Å². The van der Waals surface area contributed by atoms with Crippen LogP contribution in [0.4, 0.5) is 0 Å². The number of nitrogens with two attached hydrogens (primary N) is 2. The Labute approximate surface area is 150 Å². The molecule has 6 nitrogen and oxygen atoms in total. The first-order valence-electron chi connectivity index (χ1n) is 8.67. The van der Waals surface area contributed by atoms with Gasteiger partial charge in [0, 0.05) is 6.04 Å². The minimum absolute atomic E-state index is 0.418. The topological polar surface area (TPSA) is 129 Å². The maximum atomic E-state index is 10.8. The van der Waals surface area contributed by atoms with E-state index in [0.717, 1.165) is 24.8 Å². The van der Waals surface area contributed by atoms with Crippen molar-refractivity contribution in [2.75, 3.05) is 6.54 Å². The standard InChI is InChI=1S/C13H18O2.C6H14N2O2/c1-9(2)8-11-4-6-12(7-5-11)10(3)13(14)15;7-4-2-1-3-5(8)6(9)10/h4-7,9-10H,8H2,1-3H3,(H,14,15);5H,1-4,7-8H2,(H,9,10)/p-1. The molecule has 0 amide bonds. The van der Waals surface area contributed by atoms with Crippen LogP contribution in [0.5, 0.6) is 0 Å². The van der Waals surface area contributed by atoms with Gasteiger partial charge in [-0.1, -0.05) is 44.5 Å². The highest BCUT2D eigenvalue weighted by molar-refractivity contribution is 5.75. The molecule has 0 aromatic heterocycles. The number of unbranched alkanes of at least 4 members (excludes halogenated alkanes) is 1. The van der Waals surface area contributed by atoms with E-state index in [2.05, 4.69) is 13.8 Å². The van der Waals surface area contributed by atoms with Crippen LogP contribution in [-0.4, -0.2) is 29.6 Å². The minimum Gasteiger partial charge on any atom is -0.548 e. The number of carbonyl (C=O) groups is 2. The van der Waals surface area contributed by atoms with Gasteiger partial charge in [0.15, 0.2) is 0 Å².